The van der Waals surface area contributed by atoms with Crippen molar-refractivity contribution in [3.8, 4) is 17.5 Å². The molecule has 0 atom stereocenters. The third-order valence-corrected chi connectivity index (χ3v) is 2.51. The molecule has 0 radical (unpaired) electrons. The first-order chi connectivity index (χ1) is 8.60. The Bertz CT molecular complexity index is 560. The van der Waals surface area contributed by atoms with Crippen LogP contribution in [0.4, 0.5) is 10.1 Å². The number of methoxy groups -OCH3 is 1. The van der Waals surface area contributed by atoms with Crippen molar-refractivity contribution in [1.29, 1.82) is 0 Å². The van der Waals surface area contributed by atoms with Crippen molar-refractivity contribution in [2.75, 3.05) is 12.8 Å². The van der Waals surface area contributed by atoms with Crippen LogP contribution in [0.15, 0.2) is 29.0 Å². The van der Waals surface area contributed by atoms with Gasteiger partial charge >= 0.3 is 0 Å². The maximum Gasteiger partial charge on any atom is 0.249 e. The Labute approximate surface area is 111 Å². The number of hydrogen-bond acceptors (Lipinski definition) is 5. The third kappa shape index (κ3) is 2.67. The maximum absolute atomic E-state index is 13.2. The van der Waals surface area contributed by atoms with Crippen molar-refractivity contribution in [2.24, 2.45) is 0 Å². The van der Waals surface area contributed by atoms with Crippen LogP contribution in [0.3, 0.4) is 0 Å². The minimum absolute atomic E-state index is 0.111. The summed E-state index contributed by atoms with van der Waals surface area (Å²) in [6.07, 6.45) is 1.25. The fourth-order valence-electron chi connectivity index (χ4n) is 1.31. The van der Waals surface area contributed by atoms with E-state index < -0.39 is 5.82 Å². The van der Waals surface area contributed by atoms with E-state index in [-0.39, 0.29) is 23.2 Å². The fraction of sp³-hybridized carbons (Fsp3) is 0.0909. The number of ether oxygens (including phenoxy) is 2. The van der Waals surface area contributed by atoms with Crippen LogP contribution in [0, 0.1) is 5.82 Å². The van der Waals surface area contributed by atoms with Gasteiger partial charge in [-0.15, -0.1) is 0 Å². The highest BCUT2D eigenvalue weighted by atomic mass is 79.9. The van der Waals surface area contributed by atoms with E-state index in [4.69, 9.17) is 15.2 Å². The number of halogens is 2. The lowest BCUT2D eigenvalue weighted by atomic mass is 10.3. The van der Waals surface area contributed by atoms with E-state index in [9.17, 15) is 4.39 Å². The van der Waals surface area contributed by atoms with Gasteiger partial charge in [0, 0.05) is 10.5 Å². The zero-order chi connectivity index (χ0) is 13.1. The molecule has 0 aliphatic rings. The van der Waals surface area contributed by atoms with Crippen LogP contribution in [0.2, 0.25) is 0 Å². The summed E-state index contributed by atoms with van der Waals surface area (Å²) in [6, 6.07) is 4.13. The van der Waals surface area contributed by atoms with Gasteiger partial charge in [0.1, 0.15) is 17.9 Å². The number of rotatable bonds is 3. The Hall–Kier alpha value is -1.89. The molecule has 2 rings (SSSR count). The number of nitrogens with zero attached hydrogens (tertiary/aromatic N) is 2. The molecule has 7 heteroatoms. The number of nitrogen functional groups attached to an aromatic ring is 1. The average Bonchev–Trinajstić information content (AvgIpc) is 2.30. The quantitative estimate of drug-likeness (QED) is 0.943. The lowest BCUT2D eigenvalue weighted by Crippen LogP contribution is -2.00. The lowest BCUT2D eigenvalue weighted by molar-refractivity contribution is 0.391. The summed E-state index contributed by atoms with van der Waals surface area (Å²) in [4.78, 5) is 7.68. The first-order valence-electron chi connectivity index (χ1n) is 4.88. The van der Waals surface area contributed by atoms with E-state index in [0.29, 0.717) is 4.47 Å². The fourth-order valence-corrected chi connectivity index (χ4v) is 1.75. The van der Waals surface area contributed by atoms with Gasteiger partial charge in [0.05, 0.1) is 7.11 Å². The van der Waals surface area contributed by atoms with Crippen molar-refractivity contribution in [3.63, 3.8) is 0 Å². The first kappa shape index (κ1) is 12.6. The molecule has 0 spiro atoms. The number of aromatic nitrogens is 2. The molecule has 0 fully saturated rings. The second-order valence-electron chi connectivity index (χ2n) is 3.31. The lowest BCUT2D eigenvalue weighted by Gasteiger charge is -2.09. The van der Waals surface area contributed by atoms with Crippen molar-refractivity contribution < 1.29 is 13.9 Å². The number of hydrogen-bond donors (Lipinski definition) is 1. The van der Waals surface area contributed by atoms with Crippen molar-refractivity contribution in [1.82, 2.24) is 9.97 Å². The van der Waals surface area contributed by atoms with Gasteiger partial charge in [0.15, 0.2) is 5.69 Å². The van der Waals surface area contributed by atoms with Crippen LogP contribution in [0.5, 0.6) is 17.5 Å². The standard InChI is InChI=1S/C11H9BrFN3O2/c1-17-10-9(14)11(16-5-15-10)18-8-3-6(12)2-7(13)4-8/h2-5H,14H2,1H3. The molecular weight excluding hydrogens is 305 g/mol. The Morgan fingerprint density at radius 2 is 1.94 bits per heavy atom. The molecule has 0 saturated heterocycles. The van der Waals surface area contributed by atoms with Gasteiger partial charge in [0.25, 0.3) is 0 Å². The van der Waals surface area contributed by atoms with Crippen molar-refractivity contribution >= 4 is 21.6 Å². The topological polar surface area (TPSA) is 70.3 Å². The highest BCUT2D eigenvalue weighted by Crippen LogP contribution is 2.31. The van der Waals surface area contributed by atoms with Gasteiger partial charge in [-0.25, -0.2) is 4.39 Å². The summed E-state index contributed by atoms with van der Waals surface area (Å²) >= 11 is 3.16. The molecule has 0 aliphatic heterocycles. The molecule has 1 aromatic carbocycles. The van der Waals surface area contributed by atoms with E-state index in [1.54, 1.807) is 6.07 Å². The Balaban J connectivity index is 2.34. The molecule has 0 saturated carbocycles. The number of anilines is 1. The number of benzene rings is 1. The SMILES string of the molecule is COc1ncnc(Oc2cc(F)cc(Br)c2)c1N. The second kappa shape index (κ2) is 5.18. The molecule has 0 aliphatic carbocycles. The Morgan fingerprint density at radius 3 is 2.61 bits per heavy atom. The molecule has 18 heavy (non-hydrogen) atoms. The molecule has 1 heterocycles. The van der Waals surface area contributed by atoms with Gasteiger partial charge in [-0.1, -0.05) is 15.9 Å². The number of nitrogens with two attached hydrogens (primary N) is 1. The van der Waals surface area contributed by atoms with Gasteiger partial charge in [0.2, 0.25) is 11.8 Å². The van der Waals surface area contributed by atoms with Crippen molar-refractivity contribution in [3.05, 3.63) is 34.8 Å². The zero-order valence-electron chi connectivity index (χ0n) is 9.35. The van der Waals surface area contributed by atoms with E-state index in [1.165, 1.54) is 25.6 Å². The minimum atomic E-state index is -0.432. The molecule has 2 aromatic rings. The molecule has 1 aromatic heterocycles. The molecule has 0 amide bonds. The van der Waals surface area contributed by atoms with Crippen LogP contribution in [0.25, 0.3) is 0 Å². The molecule has 0 bridgehead atoms. The van der Waals surface area contributed by atoms with Crippen molar-refractivity contribution in [2.45, 2.75) is 0 Å². The van der Waals surface area contributed by atoms with E-state index in [1.807, 2.05) is 0 Å². The van der Waals surface area contributed by atoms with E-state index >= 15 is 0 Å². The molecule has 2 N–H and O–H groups in total. The molecule has 94 valence electrons. The summed E-state index contributed by atoms with van der Waals surface area (Å²) < 4.78 is 24.0. The predicted octanol–water partition coefficient (Wildman–Crippen LogP) is 2.76. The third-order valence-electron chi connectivity index (χ3n) is 2.05. The Kier molecular flexibility index (Phi) is 3.61. The van der Waals surface area contributed by atoms with Gasteiger partial charge in [-0.05, 0) is 12.1 Å². The predicted molar refractivity (Wildman–Crippen MR) is 67.2 cm³/mol. The second-order valence-corrected chi connectivity index (χ2v) is 4.22. The normalized spacial score (nSPS) is 10.2. The van der Waals surface area contributed by atoms with Gasteiger partial charge < -0.3 is 15.2 Å². The molecule has 5 nitrogen and oxygen atoms in total. The Morgan fingerprint density at radius 1 is 1.22 bits per heavy atom. The molecular formula is C11H9BrFN3O2. The summed E-state index contributed by atoms with van der Waals surface area (Å²) in [6.45, 7) is 0. The van der Waals surface area contributed by atoms with Gasteiger partial charge in [-0.2, -0.15) is 9.97 Å². The molecule has 0 unspecified atom stereocenters. The van der Waals surface area contributed by atoms with Crippen LogP contribution in [-0.2, 0) is 0 Å². The van der Waals surface area contributed by atoms with Gasteiger partial charge in [-0.3, -0.25) is 0 Å². The van der Waals surface area contributed by atoms with Crippen LogP contribution < -0.4 is 15.2 Å². The smallest absolute Gasteiger partial charge is 0.249 e. The maximum atomic E-state index is 13.2. The first-order valence-corrected chi connectivity index (χ1v) is 5.68. The summed E-state index contributed by atoms with van der Waals surface area (Å²) in [7, 11) is 1.43. The van der Waals surface area contributed by atoms with Crippen LogP contribution in [0.1, 0.15) is 0 Å². The monoisotopic (exact) mass is 313 g/mol. The highest BCUT2D eigenvalue weighted by molar-refractivity contribution is 9.10. The van der Waals surface area contributed by atoms with E-state index in [0.717, 1.165) is 0 Å². The summed E-state index contributed by atoms with van der Waals surface area (Å²) in [5, 5.41) is 0. The largest absolute Gasteiger partial charge is 0.479 e. The summed E-state index contributed by atoms with van der Waals surface area (Å²) in [5.74, 6) is 0.156. The van der Waals surface area contributed by atoms with Crippen LogP contribution in [-0.4, -0.2) is 17.1 Å². The summed E-state index contributed by atoms with van der Waals surface area (Å²) in [5.41, 5.74) is 5.89. The zero-order valence-corrected chi connectivity index (χ0v) is 10.9. The average molecular weight is 314 g/mol. The highest BCUT2D eigenvalue weighted by Gasteiger charge is 2.11. The van der Waals surface area contributed by atoms with E-state index in [2.05, 4.69) is 25.9 Å². The van der Waals surface area contributed by atoms with Crippen LogP contribution >= 0.6 is 15.9 Å². The minimum Gasteiger partial charge on any atom is -0.479 e.